The second-order valence-corrected chi connectivity index (χ2v) is 6.88. The fraction of sp³-hybridized carbons (Fsp3) is 0.462. The van der Waals surface area contributed by atoms with Crippen LogP contribution in [0.3, 0.4) is 0 Å². The smallest absolute Gasteiger partial charge is 0.350 e. The molecule has 2 rings (SSSR count). The van der Waals surface area contributed by atoms with Crippen LogP contribution >= 0.6 is 46.7 Å². The van der Waals surface area contributed by atoms with Crippen molar-refractivity contribution in [2.45, 2.75) is 33.1 Å². The fourth-order valence-corrected chi connectivity index (χ4v) is 3.29. The van der Waals surface area contributed by atoms with Crippen LogP contribution in [0.4, 0.5) is 13.2 Å². The molecule has 0 aromatic carbocycles. The highest BCUT2D eigenvalue weighted by Crippen LogP contribution is 2.29. The van der Waals surface area contributed by atoms with E-state index in [1.54, 1.807) is 18.4 Å². The van der Waals surface area contributed by atoms with Gasteiger partial charge in [-0.1, -0.05) is 0 Å². The van der Waals surface area contributed by atoms with Crippen molar-refractivity contribution in [1.29, 1.82) is 0 Å². The average molecular weight is 491 g/mol. The van der Waals surface area contributed by atoms with Crippen LogP contribution < -0.4 is 10.6 Å². The fourth-order valence-electron chi connectivity index (χ4n) is 1.68. The molecule has 2 heterocycles. The van der Waals surface area contributed by atoms with Gasteiger partial charge >= 0.3 is 6.18 Å². The first-order valence-electron chi connectivity index (χ1n) is 6.68. The number of rotatable bonds is 4. The predicted octanol–water partition coefficient (Wildman–Crippen LogP) is 3.72. The van der Waals surface area contributed by atoms with Gasteiger partial charge in [-0.3, -0.25) is 4.99 Å². The molecule has 0 bridgehead atoms. The van der Waals surface area contributed by atoms with Crippen molar-refractivity contribution in [1.82, 2.24) is 20.6 Å². The molecule has 0 unspecified atom stereocenters. The maximum Gasteiger partial charge on any atom is 0.434 e. The predicted molar refractivity (Wildman–Crippen MR) is 101 cm³/mol. The van der Waals surface area contributed by atoms with Gasteiger partial charge in [0, 0.05) is 17.3 Å². The van der Waals surface area contributed by atoms with Crippen molar-refractivity contribution >= 4 is 52.6 Å². The molecule has 0 atom stereocenters. The van der Waals surface area contributed by atoms with Crippen molar-refractivity contribution in [3.8, 4) is 0 Å². The van der Waals surface area contributed by atoms with Gasteiger partial charge in [-0.15, -0.1) is 46.7 Å². The lowest BCUT2D eigenvalue weighted by Crippen LogP contribution is -2.36. The number of hydrogen-bond donors (Lipinski definition) is 2. The SMILES string of the molecule is CN=C(NCc1nc(C(F)(F)F)cs1)NCc1nc(C)c(C)s1.I. The Morgan fingerprint density at radius 3 is 2.25 bits per heavy atom. The second kappa shape index (κ2) is 8.94. The van der Waals surface area contributed by atoms with Gasteiger partial charge in [0.1, 0.15) is 10.0 Å². The topological polar surface area (TPSA) is 62.2 Å². The summed E-state index contributed by atoms with van der Waals surface area (Å²) in [6.45, 7) is 4.63. The largest absolute Gasteiger partial charge is 0.434 e. The molecular weight excluding hydrogens is 474 g/mol. The van der Waals surface area contributed by atoms with Crippen LogP contribution in [-0.2, 0) is 19.3 Å². The molecule has 0 fully saturated rings. The highest BCUT2D eigenvalue weighted by Gasteiger charge is 2.33. The Balaban J connectivity index is 0.00000288. The van der Waals surface area contributed by atoms with Crippen LogP contribution in [-0.4, -0.2) is 23.0 Å². The van der Waals surface area contributed by atoms with E-state index in [0.717, 1.165) is 32.3 Å². The molecule has 5 nitrogen and oxygen atoms in total. The molecule has 134 valence electrons. The third-order valence-electron chi connectivity index (χ3n) is 2.95. The van der Waals surface area contributed by atoms with Gasteiger partial charge in [0.05, 0.1) is 18.8 Å². The minimum absolute atomic E-state index is 0. The number of hydrogen-bond acceptors (Lipinski definition) is 5. The van der Waals surface area contributed by atoms with Crippen LogP contribution in [0.2, 0.25) is 0 Å². The first-order chi connectivity index (χ1) is 10.8. The molecule has 2 aromatic rings. The third-order valence-corrected chi connectivity index (χ3v) is 4.87. The first kappa shape index (κ1) is 21.1. The summed E-state index contributed by atoms with van der Waals surface area (Å²) >= 11 is 2.56. The van der Waals surface area contributed by atoms with Crippen molar-refractivity contribution < 1.29 is 13.2 Å². The number of halogens is 4. The van der Waals surface area contributed by atoms with E-state index < -0.39 is 11.9 Å². The van der Waals surface area contributed by atoms with E-state index in [-0.39, 0.29) is 30.5 Å². The maximum absolute atomic E-state index is 12.5. The van der Waals surface area contributed by atoms with Crippen molar-refractivity contribution in [3.05, 3.63) is 31.7 Å². The minimum atomic E-state index is -4.41. The molecule has 2 aromatic heterocycles. The Bertz CT molecular complexity index is 677. The molecule has 24 heavy (non-hydrogen) atoms. The van der Waals surface area contributed by atoms with Gasteiger partial charge in [-0.2, -0.15) is 13.2 Å². The van der Waals surface area contributed by atoms with Crippen molar-refractivity contribution in [2.24, 2.45) is 4.99 Å². The number of alkyl halides is 3. The van der Waals surface area contributed by atoms with Gasteiger partial charge in [-0.05, 0) is 13.8 Å². The standard InChI is InChI=1S/C13H16F3N5S2.HI/c1-7-8(2)23-11(20-7)5-19-12(17-3)18-4-10-21-9(6-22-10)13(14,15)16;/h6H,4-5H2,1-3H3,(H2,17,18,19);1H. The van der Waals surface area contributed by atoms with Crippen LogP contribution in [0, 0.1) is 13.8 Å². The first-order valence-corrected chi connectivity index (χ1v) is 8.38. The zero-order valence-corrected chi connectivity index (χ0v) is 17.2. The Morgan fingerprint density at radius 1 is 1.17 bits per heavy atom. The van der Waals surface area contributed by atoms with Crippen LogP contribution in [0.15, 0.2) is 10.4 Å². The Morgan fingerprint density at radius 2 is 1.79 bits per heavy atom. The summed E-state index contributed by atoms with van der Waals surface area (Å²) in [4.78, 5) is 13.2. The van der Waals surface area contributed by atoms with E-state index in [1.165, 1.54) is 0 Å². The molecular formula is C13H17F3IN5S2. The summed E-state index contributed by atoms with van der Waals surface area (Å²) in [5.74, 6) is 0.485. The number of aliphatic imine (C=N–C) groups is 1. The Hall–Kier alpha value is -0.950. The molecule has 2 N–H and O–H groups in total. The molecule has 0 radical (unpaired) electrons. The maximum atomic E-state index is 12.5. The number of nitrogens with zero attached hydrogens (tertiary/aromatic N) is 3. The lowest BCUT2D eigenvalue weighted by atomic mass is 10.4. The summed E-state index contributed by atoms with van der Waals surface area (Å²) in [5, 5.41) is 8.30. The minimum Gasteiger partial charge on any atom is -0.350 e. The molecule has 0 saturated heterocycles. The van der Waals surface area contributed by atoms with Gasteiger partial charge in [0.2, 0.25) is 0 Å². The van der Waals surface area contributed by atoms with Gasteiger partial charge < -0.3 is 10.6 Å². The monoisotopic (exact) mass is 491 g/mol. The van der Waals surface area contributed by atoms with E-state index in [2.05, 4.69) is 25.6 Å². The highest BCUT2D eigenvalue weighted by molar-refractivity contribution is 14.0. The van der Waals surface area contributed by atoms with E-state index in [0.29, 0.717) is 17.5 Å². The number of thiazole rings is 2. The molecule has 0 aliphatic carbocycles. The molecule has 0 aliphatic rings. The zero-order valence-electron chi connectivity index (χ0n) is 13.2. The average Bonchev–Trinajstić information content (AvgIpc) is 3.06. The molecule has 0 amide bonds. The van der Waals surface area contributed by atoms with E-state index >= 15 is 0 Å². The second-order valence-electron chi connectivity index (χ2n) is 4.65. The quantitative estimate of drug-likeness (QED) is 0.389. The van der Waals surface area contributed by atoms with E-state index in [1.807, 2.05) is 13.8 Å². The summed E-state index contributed by atoms with van der Waals surface area (Å²) in [6.07, 6.45) is -4.41. The lowest BCUT2D eigenvalue weighted by Gasteiger charge is -2.09. The van der Waals surface area contributed by atoms with E-state index in [9.17, 15) is 13.2 Å². The summed E-state index contributed by atoms with van der Waals surface area (Å²) in [6, 6.07) is 0. The zero-order chi connectivity index (χ0) is 17.0. The van der Waals surface area contributed by atoms with Crippen LogP contribution in [0.5, 0.6) is 0 Å². The number of aromatic nitrogens is 2. The van der Waals surface area contributed by atoms with Crippen LogP contribution in [0.1, 0.15) is 26.3 Å². The lowest BCUT2D eigenvalue weighted by molar-refractivity contribution is -0.140. The summed E-state index contributed by atoms with van der Waals surface area (Å²) < 4.78 is 37.5. The normalized spacial score (nSPS) is 12.0. The van der Waals surface area contributed by atoms with Gasteiger partial charge in [0.15, 0.2) is 11.7 Å². The van der Waals surface area contributed by atoms with Crippen LogP contribution in [0.25, 0.3) is 0 Å². The van der Waals surface area contributed by atoms with E-state index in [4.69, 9.17) is 0 Å². The molecule has 0 saturated carbocycles. The molecule has 0 spiro atoms. The van der Waals surface area contributed by atoms with Crippen molar-refractivity contribution in [2.75, 3.05) is 7.05 Å². The van der Waals surface area contributed by atoms with Crippen molar-refractivity contribution in [3.63, 3.8) is 0 Å². The summed E-state index contributed by atoms with van der Waals surface area (Å²) in [7, 11) is 1.59. The number of aryl methyl sites for hydroxylation is 2. The Labute approximate surface area is 162 Å². The van der Waals surface area contributed by atoms with Gasteiger partial charge in [-0.25, -0.2) is 9.97 Å². The highest BCUT2D eigenvalue weighted by atomic mass is 127. The van der Waals surface area contributed by atoms with Gasteiger partial charge in [0.25, 0.3) is 0 Å². The number of nitrogens with one attached hydrogen (secondary N) is 2. The third kappa shape index (κ3) is 5.84. The Kier molecular flexibility index (Phi) is 7.86. The summed E-state index contributed by atoms with van der Waals surface area (Å²) in [5.41, 5.74) is 0.133. The molecule has 0 aliphatic heterocycles. The molecule has 11 heteroatoms. The number of guanidine groups is 1.